The number of hydrogen-bond donors (Lipinski definition) is 0. The molecule has 0 aromatic heterocycles. The van der Waals surface area contributed by atoms with E-state index in [2.05, 4.69) is 0 Å². The minimum absolute atomic E-state index is 0.572. The molecule has 0 aliphatic rings. The Hall–Kier alpha value is -0.780. The van der Waals surface area contributed by atoms with E-state index in [-0.39, 0.29) is 0 Å². The van der Waals surface area contributed by atoms with Gasteiger partial charge < -0.3 is 0 Å². The molecule has 0 amide bonds. The Kier molecular flexibility index (Phi) is 14.5. The van der Waals surface area contributed by atoms with Crippen LogP contribution in [0.2, 0.25) is 0 Å². The first-order valence-corrected chi connectivity index (χ1v) is 3.91. The van der Waals surface area contributed by atoms with Gasteiger partial charge in [-0.2, -0.15) is 0 Å². The molecule has 0 unspecified atom stereocenters. The monoisotopic (exact) mass is 139 g/mol. The molecule has 0 heteroatoms. The summed E-state index contributed by atoms with van der Waals surface area (Å²) in [5, 5.41) is 0. The molecule has 1 aromatic carbocycles. The predicted octanol–water partition coefficient (Wildman–Crippen LogP) is 3.74. The molecule has 0 N–H and O–H groups in total. The van der Waals surface area contributed by atoms with Crippen molar-refractivity contribution in [3.63, 3.8) is 0 Å². The average molecular weight is 139 g/mol. The van der Waals surface area contributed by atoms with Gasteiger partial charge in [0, 0.05) is 0 Å². The fourth-order valence-electron chi connectivity index (χ4n) is 0.342. The lowest BCUT2D eigenvalue weighted by molar-refractivity contribution is 1.50. The van der Waals surface area contributed by atoms with Crippen LogP contribution in [0.4, 0.5) is 0 Å². The minimum Gasteiger partial charge on any atom is -0.0683 e. The molecule has 0 nitrogen and oxygen atoms in total. The highest BCUT2D eigenvalue weighted by Crippen LogP contribution is 1.79. The summed E-state index contributed by atoms with van der Waals surface area (Å²) < 4.78 is 7.00. The normalized spacial score (nSPS) is 7.40. The van der Waals surface area contributed by atoms with Gasteiger partial charge in [-0.25, -0.2) is 0 Å². The lowest BCUT2D eigenvalue weighted by Crippen LogP contribution is -1.47. The molecule has 0 aliphatic heterocycles. The van der Waals surface area contributed by atoms with Crippen LogP contribution in [-0.4, -0.2) is 0 Å². The van der Waals surface area contributed by atoms with Crippen LogP contribution in [0.1, 0.15) is 29.1 Å². The fourth-order valence-corrected chi connectivity index (χ4v) is 0.342. The van der Waals surface area contributed by atoms with Crippen molar-refractivity contribution < 1.29 is 1.37 Å². The van der Waals surface area contributed by atoms with E-state index in [1.54, 1.807) is 12.1 Å². The standard InChI is InChI=1S/C6H6.2C2H6/c1-2-4-6-5-3-1;2*1-2/h1-6H;2*1-2H3/i1D;;. The zero-order chi connectivity index (χ0) is 9.11. The number of hydrogen-bond acceptors (Lipinski definition) is 0. The van der Waals surface area contributed by atoms with Gasteiger partial charge in [0.25, 0.3) is 0 Å². The third-order valence-corrected chi connectivity index (χ3v) is 0.607. The van der Waals surface area contributed by atoms with E-state index in [4.69, 9.17) is 1.37 Å². The second kappa shape index (κ2) is 15.7. The van der Waals surface area contributed by atoms with Crippen LogP contribution >= 0.6 is 0 Å². The Balaban J connectivity index is 0. The molecular formula is C10H18. The highest BCUT2D eigenvalue weighted by Gasteiger charge is 1.57. The molecule has 0 bridgehead atoms. The maximum Gasteiger partial charge on any atom is 0.0623 e. The van der Waals surface area contributed by atoms with Crippen molar-refractivity contribution >= 4 is 0 Å². The molecule has 0 fully saturated rings. The summed E-state index contributed by atoms with van der Waals surface area (Å²) >= 11 is 0. The van der Waals surface area contributed by atoms with E-state index in [1.165, 1.54) is 0 Å². The summed E-state index contributed by atoms with van der Waals surface area (Å²) in [6.07, 6.45) is 0. The van der Waals surface area contributed by atoms with Crippen molar-refractivity contribution in [1.82, 2.24) is 0 Å². The molecule has 0 saturated carbocycles. The van der Waals surface area contributed by atoms with Crippen LogP contribution in [0.25, 0.3) is 0 Å². The van der Waals surface area contributed by atoms with Gasteiger partial charge in [0.15, 0.2) is 0 Å². The molecule has 0 heterocycles. The van der Waals surface area contributed by atoms with Crippen molar-refractivity contribution in [2.45, 2.75) is 27.7 Å². The minimum atomic E-state index is 0.572. The van der Waals surface area contributed by atoms with Gasteiger partial charge in [0.2, 0.25) is 0 Å². The molecular weight excluding hydrogens is 120 g/mol. The third kappa shape index (κ3) is 10.3. The summed E-state index contributed by atoms with van der Waals surface area (Å²) in [4.78, 5) is 0. The van der Waals surface area contributed by atoms with E-state index in [0.29, 0.717) is 6.04 Å². The Bertz CT molecular complexity index is 135. The van der Waals surface area contributed by atoms with Gasteiger partial charge in [-0.15, -0.1) is 0 Å². The van der Waals surface area contributed by atoms with Crippen molar-refractivity contribution in [2.24, 2.45) is 0 Å². The molecule has 10 heavy (non-hydrogen) atoms. The predicted molar refractivity (Wildman–Crippen MR) is 49.1 cm³/mol. The molecule has 1 aromatic rings. The largest absolute Gasteiger partial charge is 0.0683 e. The molecule has 0 saturated heterocycles. The third-order valence-electron chi connectivity index (χ3n) is 0.607. The second-order valence-corrected chi connectivity index (χ2v) is 1.08. The summed E-state index contributed by atoms with van der Waals surface area (Å²) in [5.41, 5.74) is 0. The second-order valence-electron chi connectivity index (χ2n) is 1.08. The maximum absolute atomic E-state index is 7.00. The van der Waals surface area contributed by atoms with Crippen molar-refractivity contribution in [2.75, 3.05) is 0 Å². The first-order chi connectivity index (χ1) is 5.39. The molecule has 0 spiro atoms. The molecule has 58 valence electrons. The van der Waals surface area contributed by atoms with Gasteiger partial charge in [-0.3, -0.25) is 0 Å². The van der Waals surface area contributed by atoms with Crippen LogP contribution in [0, 0.1) is 0 Å². The van der Waals surface area contributed by atoms with Crippen LogP contribution in [0.15, 0.2) is 36.4 Å². The van der Waals surface area contributed by atoms with Crippen molar-refractivity contribution in [3.05, 3.63) is 36.4 Å². The first kappa shape index (κ1) is 9.22. The van der Waals surface area contributed by atoms with Gasteiger partial charge in [-0.05, 0) is 0 Å². The van der Waals surface area contributed by atoms with Crippen molar-refractivity contribution in [3.8, 4) is 0 Å². The Labute approximate surface area is 66.3 Å². The molecule has 0 radical (unpaired) electrons. The zero-order valence-corrected chi connectivity index (χ0v) is 7.39. The summed E-state index contributed by atoms with van der Waals surface area (Å²) in [6, 6.07) is 9.67. The average Bonchev–Trinajstić information content (AvgIpc) is 2.13. The lowest BCUT2D eigenvalue weighted by atomic mass is 10.4. The van der Waals surface area contributed by atoms with E-state index in [1.807, 2.05) is 45.9 Å². The van der Waals surface area contributed by atoms with Crippen molar-refractivity contribution in [1.29, 1.82) is 0 Å². The van der Waals surface area contributed by atoms with Crippen LogP contribution in [-0.2, 0) is 0 Å². The summed E-state index contributed by atoms with van der Waals surface area (Å²) in [7, 11) is 0. The van der Waals surface area contributed by atoms with Gasteiger partial charge in [0.05, 0.1) is 1.37 Å². The highest BCUT2D eigenvalue weighted by molar-refractivity contribution is 4.99. The Morgan fingerprint density at radius 3 is 1.20 bits per heavy atom. The molecule has 0 aliphatic carbocycles. The van der Waals surface area contributed by atoms with E-state index >= 15 is 0 Å². The van der Waals surface area contributed by atoms with Crippen LogP contribution < -0.4 is 0 Å². The molecule has 1 rings (SSSR count). The Morgan fingerprint density at radius 2 is 1.00 bits per heavy atom. The number of benzene rings is 1. The van der Waals surface area contributed by atoms with E-state index < -0.39 is 0 Å². The smallest absolute Gasteiger partial charge is 0.0623 e. The highest BCUT2D eigenvalue weighted by atomic mass is 13.6. The SMILES string of the molecule is CC.CC.[2H]c1ccccc1. The van der Waals surface area contributed by atoms with Gasteiger partial charge in [0.1, 0.15) is 0 Å². The molecule has 0 atom stereocenters. The Morgan fingerprint density at radius 1 is 0.700 bits per heavy atom. The number of rotatable bonds is 0. The topological polar surface area (TPSA) is 0 Å². The van der Waals surface area contributed by atoms with Crippen LogP contribution in [0.5, 0.6) is 0 Å². The lowest BCUT2D eigenvalue weighted by Gasteiger charge is -1.69. The first-order valence-electron chi connectivity index (χ1n) is 4.41. The summed E-state index contributed by atoms with van der Waals surface area (Å²) in [5.74, 6) is 0. The quantitative estimate of drug-likeness (QED) is 0.513. The van der Waals surface area contributed by atoms with Crippen LogP contribution in [0.3, 0.4) is 0 Å². The summed E-state index contributed by atoms with van der Waals surface area (Å²) in [6.45, 7) is 8.00. The van der Waals surface area contributed by atoms with Gasteiger partial charge in [-0.1, -0.05) is 64.1 Å². The fraction of sp³-hybridized carbons (Fsp3) is 0.400. The van der Waals surface area contributed by atoms with E-state index in [9.17, 15) is 0 Å². The van der Waals surface area contributed by atoms with E-state index in [0.717, 1.165) is 0 Å². The van der Waals surface area contributed by atoms with Gasteiger partial charge >= 0.3 is 0 Å². The zero-order valence-electron chi connectivity index (χ0n) is 8.39. The maximum atomic E-state index is 7.00.